The molecular weight excluding hydrogens is 206 g/mol. The van der Waals surface area contributed by atoms with Crippen molar-refractivity contribution in [3.8, 4) is 6.07 Å². The Bertz CT molecular complexity index is 380. The van der Waals surface area contributed by atoms with E-state index >= 15 is 0 Å². The van der Waals surface area contributed by atoms with Crippen molar-refractivity contribution in [3.63, 3.8) is 0 Å². The lowest BCUT2D eigenvalue weighted by atomic mass is 9.88. The number of rotatable bonds is 5. The summed E-state index contributed by atoms with van der Waals surface area (Å²) in [6.45, 7) is 3.90. The molecule has 0 radical (unpaired) electrons. The smallest absolute Gasteiger partial charge is 0.240 e. The van der Waals surface area contributed by atoms with Crippen molar-refractivity contribution in [1.29, 1.82) is 5.26 Å². The quantitative estimate of drug-likeness (QED) is 0.752. The summed E-state index contributed by atoms with van der Waals surface area (Å²) in [5, 5.41) is 18.0. The average molecular weight is 221 g/mol. The minimum absolute atomic E-state index is 0.239. The third-order valence-electron chi connectivity index (χ3n) is 2.57. The molecule has 0 bridgehead atoms. The maximum absolute atomic E-state index is 11.7. The molecule has 16 heavy (non-hydrogen) atoms. The van der Waals surface area contributed by atoms with Crippen molar-refractivity contribution in [2.75, 3.05) is 6.54 Å². The first-order valence-electron chi connectivity index (χ1n) is 5.16. The molecule has 6 nitrogen and oxygen atoms in total. The van der Waals surface area contributed by atoms with Gasteiger partial charge in [0.2, 0.25) is 5.91 Å². The van der Waals surface area contributed by atoms with Gasteiger partial charge in [-0.25, -0.2) is 4.98 Å². The summed E-state index contributed by atoms with van der Waals surface area (Å²) in [4.78, 5) is 15.6. The van der Waals surface area contributed by atoms with E-state index in [0.29, 0.717) is 19.4 Å². The molecule has 2 N–H and O–H groups in total. The summed E-state index contributed by atoms with van der Waals surface area (Å²) < 4.78 is 0. The predicted octanol–water partition coefficient (Wildman–Crippen LogP) is 0.403. The largest absolute Gasteiger partial charge is 0.354 e. The third kappa shape index (κ3) is 2.79. The molecular formula is C10H15N5O. The van der Waals surface area contributed by atoms with Crippen LogP contribution in [0, 0.1) is 16.7 Å². The van der Waals surface area contributed by atoms with Gasteiger partial charge in [0.1, 0.15) is 17.6 Å². The molecule has 1 rings (SSSR count). The summed E-state index contributed by atoms with van der Waals surface area (Å²) in [5.74, 6) is 0.479. The normalized spacial score (nSPS) is 13.8. The van der Waals surface area contributed by atoms with Crippen LogP contribution in [0.1, 0.15) is 26.1 Å². The molecule has 1 amide bonds. The van der Waals surface area contributed by atoms with Crippen LogP contribution in [0.3, 0.4) is 0 Å². The SMILES string of the molecule is CCC(C)(C#N)C(=O)NCCc1ncn[nH]1. The average Bonchev–Trinajstić information content (AvgIpc) is 2.80. The highest BCUT2D eigenvalue weighted by atomic mass is 16.2. The Morgan fingerprint density at radius 3 is 3.00 bits per heavy atom. The molecule has 1 aromatic heterocycles. The van der Waals surface area contributed by atoms with Crippen LogP contribution in [0.4, 0.5) is 0 Å². The fourth-order valence-electron chi connectivity index (χ4n) is 1.13. The van der Waals surface area contributed by atoms with Crippen LogP contribution in [0.5, 0.6) is 0 Å². The Morgan fingerprint density at radius 2 is 2.50 bits per heavy atom. The molecule has 0 saturated carbocycles. The van der Waals surface area contributed by atoms with Crippen molar-refractivity contribution in [2.24, 2.45) is 5.41 Å². The van der Waals surface area contributed by atoms with E-state index in [0.717, 1.165) is 5.82 Å². The first-order valence-corrected chi connectivity index (χ1v) is 5.16. The van der Waals surface area contributed by atoms with Crippen LogP contribution >= 0.6 is 0 Å². The van der Waals surface area contributed by atoms with Crippen LogP contribution in [0.15, 0.2) is 6.33 Å². The molecule has 1 atom stereocenters. The zero-order valence-electron chi connectivity index (χ0n) is 9.45. The van der Waals surface area contributed by atoms with Gasteiger partial charge in [0.05, 0.1) is 6.07 Å². The van der Waals surface area contributed by atoms with E-state index in [4.69, 9.17) is 5.26 Å². The molecule has 0 spiro atoms. The summed E-state index contributed by atoms with van der Waals surface area (Å²) in [7, 11) is 0. The zero-order chi connectivity index (χ0) is 12.0. The van der Waals surface area contributed by atoms with E-state index in [2.05, 4.69) is 20.5 Å². The number of carbonyl (C=O) groups excluding carboxylic acids is 1. The van der Waals surface area contributed by atoms with E-state index in [1.54, 1.807) is 6.92 Å². The molecule has 0 fully saturated rings. The van der Waals surface area contributed by atoms with Crippen molar-refractivity contribution in [3.05, 3.63) is 12.2 Å². The van der Waals surface area contributed by atoms with Gasteiger partial charge in [-0.1, -0.05) is 6.92 Å². The van der Waals surface area contributed by atoms with Gasteiger partial charge in [0.25, 0.3) is 0 Å². The Morgan fingerprint density at radius 1 is 1.75 bits per heavy atom. The second kappa shape index (κ2) is 5.26. The number of carbonyl (C=O) groups is 1. The van der Waals surface area contributed by atoms with E-state index < -0.39 is 5.41 Å². The molecule has 0 saturated heterocycles. The first-order chi connectivity index (χ1) is 7.62. The molecule has 1 unspecified atom stereocenters. The summed E-state index contributed by atoms with van der Waals surface area (Å²) in [5.41, 5.74) is -0.943. The minimum Gasteiger partial charge on any atom is -0.354 e. The van der Waals surface area contributed by atoms with Gasteiger partial charge in [0.15, 0.2) is 0 Å². The van der Waals surface area contributed by atoms with Gasteiger partial charge in [-0.3, -0.25) is 9.89 Å². The molecule has 0 aliphatic heterocycles. The monoisotopic (exact) mass is 221 g/mol. The number of hydrogen-bond acceptors (Lipinski definition) is 4. The van der Waals surface area contributed by atoms with Gasteiger partial charge in [-0.05, 0) is 13.3 Å². The number of amides is 1. The van der Waals surface area contributed by atoms with E-state index in [9.17, 15) is 4.79 Å². The molecule has 86 valence electrons. The number of nitrogens with zero attached hydrogens (tertiary/aromatic N) is 3. The first kappa shape index (κ1) is 12.2. The highest BCUT2D eigenvalue weighted by Gasteiger charge is 2.30. The topological polar surface area (TPSA) is 94.5 Å². The highest BCUT2D eigenvalue weighted by molar-refractivity contribution is 5.84. The van der Waals surface area contributed by atoms with Crippen molar-refractivity contribution < 1.29 is 4.79 Å². The molecule has 0 aromatic carbocycles. The van der Waals surface area contributed by atoms with Crippen molar-refractivity contribution in [2.45, 2.75) is 26.7 Å². The molecule has 1 heterocycles. The number of H-pyrrole nitrogens is 1. The molecule has 0 aliphatic rings. The third-order valence-corrected chi connectivity index (χ3v) is 2.57. The van der Waals surface area contributed by atoms with E-state index in [1.807, 2.05) is 13.0 Å². The van der Waals surface area contributed by atoms with Crippen LogP contribution < -0.4 is 5.32 Å². The predicted molar refractivity (Wildman–Crippen MR) is 57.1 cm³/mol. The van der Waals surface area contributed by atoms with Crippen molar-refractivity contribution in [1.82, 2.24) is 20.5 Å². The second-order valence-corrected chi connectivity index (χ2v) is 3.74. The van der Waals surface area contributed by atoms with Crippen LogP contribution in [-0.4, -0.2) is 27.6 Å². The number of nitriles is 1. The summed E-state index contributed by atoms with van der Waals surface area (Å²) >= 11 is 0. The minimum atomic E-state index is -0.943. The Balaban J connectivity index is 2.39. The Kier molecular flexibility index (Phi) is 4.00. The van der Waals surface area contributed by atoms with E-state index in [-0.39, 0.29) is 5.91 Å². The molecule has 6 heteroatoms. The Hall–Kier alpha value is -1.90. The fourth-order valence-corrected chi connectivity index (χ4v) is 1.13. The highest BCUT2D eigenvalue weighted by Crippen LogP contribution is 2.19. The maximum Gasteiger partial charge on any atom is 0.240 e. The number of hydrogen-bond donors (Lipinski definition) is 2. The lowest BCUT2D eigenvalue weighted by Gasteiger charge is -2.18. The lowest BCUT2D eigenvalue weighted by molar-refractivity contribution is -0.127. The lowest BCUT2D eigenvalue weighted by Crippen LogP contribution is -2.38. The van der Waals surface area contributed by atoms with Crippen LogP contribution in [-0.2, 0) is 11.2 Å². The second-order valence-electron chi connectivity index (χ2n) is 3.74. The van der Waals surface area contributed by atoms with Gasteiger partial charge >= 0.3 is 0 Å². The number of aromatic nitrogens is 3. The number of nitrogens with one attached hydrogen (secondary N) is 2. The number of aromatic amines is 1. The molecule has 1 aromatic rings. The maximum atomic E-state index is 11.7. The van der Waals surface area contributed by atoms with Gasteiger partial charge in [-0.15, -0.1) is 0 Å². The molecule has 0 aliphatic carbocycles. The standard InChI is InChI=1S/C10H15N5O/c1-3-10(2,6-11)9(16)12-5-4-8-13-7-14-15-8/h7H,3-5H2,1-2H3,(H,12,16)(H,13,14,15). The van der Waals surface area contributed by atoms with Crippen LogP contribution in [0.25, 0.3) is 0 Å². The van der Waals surface area contributed by atoms with Gasteiger partial charge in [-0.2, -0.15) is 10.4 Å². The van der Waals surface area contributed by atoms with Crippen LogP contribution in [0.2, 0.25) is 0 Å². The summed E-state index contributed by atoms with van der Waals surface area (Å²) in [6, 6.07) is 2.02. The summed E-state index contributed by atoms with van der Waals surface area (Å²) in [6.07, 6.45) is 2.50. The Labute approximate surface area is 94.1 Å². The van der Waals surface area contributed by atoms with Gasteiger partial charge in [0, 0.05) is 13.0 Å². The van der Waals surface area contributed by atoms with Gasteiger partial charge < -0.3 is 5.32 Å². The van der Waals surface area contributed by atoms with Crippen molar-refractivity contribution >= 4 is 5.91 Å². The fraction of sp³-hybridized carbons (Fsp3) is 0.600. The zero-order valence-corrected chi connectivity index (χ0v) is 9.45. The van der Waals surface area contributed by atoms with E-state index in [1.165, 1.54) is 6.33 Å².